The highest BCUT2D eigenvalue weighted by Crippen LogP contribution is 2.30. The van der Waals surface area contributed by atoms with Gasteiger partial charge in [-0.25, -0.2) is 0 Å². The quantitative estimate of drug-likeness (QED) is 0.799. The number of rotatable bonds is 6. The molecule has 6 nitrogen and oxygen atoms in total. The SMILES string of the molecule is CNCc1cc(C(=O)N2CCCN(C3CC3)CC2)ccc1Oc1ccccc1C#N. The van der Waals surface area contributed by atoms with E-state index in [1.165, 1.54) is 12.8 Å². The van der Waals surface area contributed by atoms with Gasteiger partial charge in [-0.1, -0.05) is 12.1 Å². The first-order chi connectivity index (χ1) is 14.7. The fourth-order valence-corrected chi connectivity index (χ4v) is 4.04. The van der Waals surface area contributed by atoms with Crippen molar-refractivity contribution in [2.75, 3.05) is 33.2 Å². The molecule has 1 aliphatic heterocycles. The summed E-state index contributed by atoms with van der Waals surface area (Å²) < 4.78 is 6.04. The summed E-state index contributed by atoms with van der Waals surface area (Å²) in [5, 5.41) is 12.5. The minimum atomic E-state index is 0.0778. The number of ether oxygens (including phenoxy) is 1. The molecule has 4 rings (SSSR count). The third-order valence-corrected chi connectivity index (χ3v) is 5.78. The van der Waals surface area contributed by atoms with Gasteiger partial charge in [0.25, 0.3) is 5.91 Å². The van der Waals surface area contributed by atoms with Crippen LogP contribution in [-0.2, 0) is 6.54 Å². The molecule has 6 heteroatoms. The van der Waals surface area contributed by atoms with Gasteiger partial charge in [0.1, 0.15) is 17.6 Å². The maximum Gasteiger partial charge on any atom is 0.253 e. The van der Waals surface area contributed by atoms with E-state index in [1.807, 2.05) is 42.3 Å². The molecule has 2 fully saturated rings. The van der Waals surface area contributed by atoms with Crippen LogP contribution in [0, 0.1) is 11.3 Å². The average molecular weight is 405 g/mol. The molecule has 1 heterocycles. The van der Waals surface area contributed by atoms with E-state index in [2.05, 4.69) is 16.3 Å². The van der Waals surface area contributed by atoms with Crippen LogP contribution >= 0.6 is 0 Å². The van der Waals surface area contributed by atoms with Gasteiger partial charge in [0.05, 0.1) is 5.56 Å². The van der Waals surface area contributed by atoms with Gasteiger partial charge in [-0.05, 0) is 56.6 Å². The van der Waals surface area contributed by atoms with Crippen molar-refractivity contribution in [2.45, 2.75) is 31.8 Å². The summed E-state index contributed by atoms with van der Waals surface area (Å²) in [4.78, 5) is 17.7. The van der Waals surface area contributed by atoms with E-state index >= 15 is 0 Å². The highest BCUT2D eigenvalue weighted by atomic mass is 16.5. The third-order valence-electron chi connectivity index (χ3n) is 5.78. The number of nitriles is 1. The Morgan fingerprint density at radius 2 is 1.97 bits per heavy atom. The first-order valence-electron chi connectivity index (χ1n) is 10.7. The van der Waals surface area contributed by atoms with Gasteiger partial charge >= 0.3 is 0 Å². The lowest BCUT2D eigenvalue weighted by atomic mass is 10.1. The Labute approximate surface area is 178 Å². The summed E-state index contributed by atoms with van der Waals surface area (Å²) in [7, 11) is 1.86. The van der Waals surface area contributed by atoms with Gasteiger partial charge in [0.2, 0.25) is 0 Å². The summed E-state index contributed by atoms with van der Waals surface area (Å²) in [6.45, 7) is 4.21. The molecule has 1 N–H and O–H groups in total. The topological polar surface area (TPSA) is 68.6 Å². The fourth-order valence-electron chi connectivity index (χ4n) is 4.04. The van der Waals surface area contributed by atoms with E-state index in [9.17, 15) is 10.1 Å². The molecular weight excluding hydrogens is 376 g/mol. The molecule has 1 amide bonds. The Balaban J connectivity index is 1.52. The van der Waals surface area contributed by atoms with Crippen molar-refractivity contribution in [1.82, 2.24) is 15.1 Å². The van der Waals surface area contributed by atoms with Crippen LogP contribution < -0.4 is 10.1 Å². The van der Waals surface area contributed by atoms with E-state index in [-0.39, 0.29) is 5.91 Å². The average Bonchev–Trinajstić information content (AvgIpc) is 3.61. The van der Waals surface area contributed by atoms with Gasteiger partial charge in [-0.15, -0.1) is 0 Å². The lowest BCUT2D eigenvalue weighted by Crippen LogP contribution is -2.35. The Hall–Kier alpha value is -2.88. The summed E-state index contributed by atoms with van der Waals surface area (Å²) in [6.07, 6.45) is 3.63. The predicted octanol–water partition coefficient (Wildman–Crippen LogP) is 3.38. The Bertz CT molecular complexity index is 948. The number of benzene rings is 2. The molecule has 2 aromatic rings. The second-order valence-electron chi connectivity index (χ2n) is 7.98. The minimum absolute atomic E-state index is 0.0778. The third kappa shape index (κ3) is 4.64. The van der Waals surface area contributed by atoms with Crippen molar-refractivity contribution >= 4 is 5.91 Å². The summed E-state index contributed by atoms with van der Waals surface area (Å²) in [6, 6.07) is 15.6. The number of carbonyl (C=O) groups is 1. The first kappa shape index (κ1) is 20.4. The molecule has 0 aromatic heterocycles. The number of hydrogen-bond acceptors (Lipinski definition) is 5. The molecule has 0 spiro atoms. The van der Waals surface area contributed by atoms with E-state index in [0.717, 1.165) is 44.2 Å². The van der Waals surface area contributed by atoms with Gasteiger partial charge in [0, 0.05) is 49.9 Å². The van der Waals surface area contributed by atoms with Crippen molar-refractivity contribution in [1.29, 1.82) is 5.26 Å². The van der Waals surface area contributed by atoms with Crippen molar-refractivity contribution in [3.05, 3.63) is 59.2 Å². The van der Waals surface area contributed by atoms with Crippen LogP contribution in [0.25, 0.3) is 0 Å². The number of carbonyl (C=O) groups excluding carboxylic acids is 1. The van der Waals surface area contributed by atoms with Crippen LogP contribution in [0.4, 0.5) is 0 Å². The summed E-state index contributed by atoms with van der Waals surface area (Å²) in [5.41, 5.74) is 2.06. The molecule has 2 aromatic carbocycles. The van der Waals surface area contributed by atoms with E-state index in [0.29, 0.717) is 29.2 Å². The van der Waals surface area contributed by atoms with Gasteiger partial charge in [-0.2, -0.15) is 5.26 Å². The fraction of sp³-hybridized carbons (Fsp3) is 0.417. The monoisotopic (exact) mass is 404 g/mol. The zero-order valence-corrected chi connectivity index (χ0v) is 17.4. The molecule has 0 atom stereocenters. The van der Waals surface area contributed by atoms with E-state index < -0.39 is 0 Å². The van der Waals surface area contributed by atoms with E-state index in [4.69, 9.17) is 4.74 Å². The molecule has 156 valence electrons. The Kier molecular flexibility index (Phi) is 6.32. The van der Waals surface area contributed by atoms with E-state index in [1.54, 1.807) is 12.1 Å². The van der Waals surface area contributed by atoms with Crippen molar-refractivity contribution in [2.24, 2.45) is 0 Å². The number of hydrogen-bond donors (Lipinski definition) is 1. The summed E-state index contributed by atoms with van der Waals surface area (Å²) >= 11 is 0. The Morgan fingerprint density at radius 3 is 2.73 bits per heavy atom. The zero-order valence-electron chi connectivity index (χ0n) is 17.4. The molecule has 30 heavy (non-hydrogen) atoms. The van der Waals surface area contributed by atoms with Crippen LogP contribution in [0.2, 0.25) is 0 Å². The second-order valence-corrected chi connectivity index (χ2v) is 7.98. The smallest absolute Gasteiger partial charge is 0.253 e. The molecule has 1 saturated heterocycles. The maximum absolute atomic E-state index is 13.2. The van der Waals surface area contributed by atoms with Crippen molar-refractivity contribution < 1.29 is 9.53 Å². The predicted molar refractivity (Wildman–Crippen MR) is 116 cm³/mol. The molecule has 2 aliphatic rings. The Morgan fingerprint density at radius 1 is 1.13 bits per heavy atom. The second kappa shape index (κ2) is 9.29. The summed E-state index contributed by atoms with van der Waals surface area (Å²) in [5.74, 6) is 1.25. The number of nitrogens with zero attached hydrogens (tertiary/aromatic N) is 3. The lowest BCUT2D eigenvalue weighted by Gasteiger charge is -2.22. The lowest BCUT2D eigenvalue weighted by molar-refractivity contribution is 0.0761. The van der Waals surface area contributed by atoms with Gasteiger partial charge in [0.15, 0.2) is 0 Å². The molecule has 0 unspecified atom stereocenters. The largest absolute Gasteiger partial charge is 0.456 e. The van der Waals surface area contributed by atoms with Crippen molar-refractivity contribution in [3.8, 4) is 17.6 Å². The molecule has 1 saturated carbocycles. The maximum atomic E-state index is 13.2. The number of para-hydroxylation sites is 1. The normalized spacial score (nSPS) is 17.3. The highest BCUT2D eigenvalue weighted by molar-refractivity contribution is 5.94. The number of amides is 1. The van der Waals surface area contributed by atoms with Crippen LogP contribution in [0.15, 0.2) is 42.5 Å². The van der Waals surface area contributed by atoms with Crippen LogP contribution in [0.1, 0.15) is 40.7 Å². The van der Waals surface area contributed by atoms with Gasteiger partial charge < -0.3 is 15.0 Å². The molecule has 1 aliphatic carbocycles. The minimum Gasteiger partial charge on any atom is -0.456 e. The standard InChI is InChI=1S/C24H28N4O2/c1-26-17-20-15-18(7-10-23(20)30-22-6-3-2-5-19(22)16-25)24(29)28-12-4-11-27(13-14-28)21-8-9-21/h2-3,5-7,10,15,21,26H,4,8-9,11-14,17H2,1H3. The highest BCUT2D eigenvalue weighted by Gasteiger charge is 2.31. The van der Waals surface area contributed by atoms with Crippen LogP contribution in [0.5, 0.6) is 11.5 Å². The zero-order chi connectivity index (χ0) is 20.9. The van der Waals surface area contributed by atoms with Crippen LogP contribution in [0.3, 0.4) is 0 Å². The van der Waals surface area contributed by atoms with Gasteiger partial charge in [-0.3, -0.25) is 9.69 Å². The first-order valence-corrected chi connectivity index (χ1v) is 10.7. The van der Waals surface area contributed by atoms with Crippen molar-refractivity contribution in [3.63, 3.8) is 0 Å². The number of nitrogens with one attached hydrogen (secondary N) is 1. The molecule has 0 bridgehead atoms. The molecular formula is C24H28N4O2. The molecule has 0 radical (unpaired) electrons. The van der Waals surface area contributed by atoms with Crippen LogP contribution in [-0.4, -0.2) is 55.0 Å².